The number of aliphatic hydroxyl groups is 1. The summed E-state index contributed by atoms with van der Waals surface area (Å²) in [6, 6.07) is 12.0. The highest BCUT2D eigenvalue weighted by molar-refractivity contribution is 6.31. The zero-order chi connectivity index (χ0) is 18.5. The van der Waals surface area contributed by atoms with Crippen LogP contribution in [0.3, 0.4) is 0 Å². The van der Waals surface area contributed by atoms with E-state index in [-0.39, 0.29) is 5.82 Å². The summed E-state index contributed by atoms with van der Waals surface area (Å²) in [6.45, 7) is 4.05. The fourth-order valence-electron chi connectivity index (χ4n) is 3.95. The Hall–Kier alpha value is -1.88. The second kappa shape index (κ2) is 6.38. The van der Waals surface area contributed by atoms with E-state index < -0.39 is 5.60 Å². The maximum Gasteiger partial charge on any atom is 0.123 e. The van der Waals surface area contributed by atoms with E-state index in [1.54, 1.807) is 19.1 Å². The van der Waals surface area contributed by atoms with Crippen molar-refractivity contribution in [3.05, 3.63) is 70.1 Å². The van der Waals surface area contributed by atoms with Gasteiger partial charge in [0.15, 0.2) is 0 Å². The van der Waals surface area contributed by atoms with Crippen LogP contribution in [0.15, 0.2) is 42.5 Å². The van der Waals surface area contributed by atoms with Crippen LogP contribution in [0.5, 0.6) is 0 Å². The molecule has 0 saturated carbocycles. The number of hydrogen-bond acceptors (Lipinski definition) is 2. The lowest BCUT2D eigenvalue weighted by Crippen LogP contribution is -2.31. The van der Waals surface area contributed by atoms with E-state index in [2.05, 4.69) is 16.5 Å². The van der Waals surface area contributed by atoms with Gasteiger partial charge in [-0.2, -0.15) is 0 Å². The first kappa shape index (κ1) is 17.5. The summed E-state index contributed by atoms with van der Waals surface area (Å²) >= 11 is 6.24. The van der Waals surface area contributed by atoms with E-state index in [0.717, 1.165) is 35.4 Å². The van der Waals surface area contributed by atoms with Gasteiger partial charge in [-0.1, -0.05) is 23.7 Å². The number of nitrogens with zero attached hydrogens (tertiary/aromatic N) is 2. The molecule has 2 aromatic carbocycles. The quantitative estimate of drug-likeness (QED) is 0.741. The van der Waals surface area contributed by atoms with Gasteiger partial charge in [0, 0.05) is 41.1 Å². The van der Waals surface area contributed by atoms with Crippen LogP contribution in [-0.4, -0.2) is 28.2 Å². The maximum atomic E-state index is 13.3. The first-order valence-corrected chi connectivity index (χ1v) is 9.19. The van der Waals surface area contributed by atoms with Crippen LogP contribution in [0.25, 0.3) is 10.9 Å². The van der Waals surface area contributed by atoms with Crippen LogP contribution in [0.1, 0.15) is 23.7 Å². The standard InChI is InChI=1S/C21H22ClFN2O/c1-21(26,14-3-6-16(23)7-4-14)13-25-19-8-5-15(22)11-17(19)18-12-24(2)10-9-20(18)25/h3-8,11,26H,9-10,12-13H2,1-2H3/t21-/m0/s1. The summed E-state index contributed by atoms with van der Waals surface area (Å²) in [5.74, 6) is -0.300. The molecule has 3 nitrogen and oxygen atoms in total. The zero-order valence-corrected chi connectivity index (χ0v) is 15.7. The van der Waals surface area contributed by atoms with Gasteiger partial charge in [-0.15, -0.1) is 0 Å². The van der Waals surface area contributed by atoms with Crippen LogP contribution in [0.2, 0.25) is 5.02 Å². The van der Waals surface area contributed by atoms with Gasteiger partial charge in [0.2, 0.25) is 0 Å². The van der Waals surface area contributed by atoms with Gasteiger partial charge < -0.3 is 14.6 Å². The molecule has 1 atom stereocenters. The lowest BCUT2D eigenvalue weighted by Gasteiger charge is -2.29. The Labute approximate surface area is 157 Å². The molecule has 2 heterocycles. The second-order valence-electron chi connectivity index (χ2n) is 7.44. The Morgan fingerprint density at radius 3 is 2.65 bits per heavy atom. The first-order valence-electron chi connectivity index (χ1n) is 8.81. The minimum absolute atomic E-state index is 0.300. The minimum Gasteiger partial charge on any atom is -0.384 e. The SMILES string of the molecule is CN1CCc2c(c3cc(Cl)ccc3n2C[C@](C)(O)c2ccc(F)cc2)C1. The lowest BCUT2D eigenvalue weighted by molar-refractivity contribution is 0.0384. The summed E-state index contributed by atoms with van der Waals surface area (Å²) in [6.07, 6.45) is 0.928. The monoisotopic (exact) mass is 372 g/mol. The zero-order valence-electron chi connectivity index (χ0n) is 15.0. The van der Waals surface area contributed by atoms with Crippen molar-refractivity contribution in [3.63, 3.8) is 0 Å². The highest BCUT2D eigenvalue weighted by atomic mass is 35.5. The first-order chi connectivity index (χ1) is 12.3. The highest BCUT2D eigenvalue weighted by Crippen LogP contribution is 2.35. The molecule has 0 radical (unpaired) electrons. The van der Waals surface area contributed by atoms with E-state index in [0.29, 0.717) is 12.1 Å². The Morgan fingerprint density at radius 2 is 1.92 bits per heavy atom. The van der Waals surface area contributed by atoms with E-state index in [1.165, 1.54) is 23.4 Å². The normalized spacial score (nSPS) is 17.3. The number of halogens is 2. The van der Waals surface area contributed by atoms with E-state index >= 15 is 0 Å². The molecule has 26 heavy (non-hydrogen) atoms. The van der Waals surface area contributed by atoms with Gasteiger partial charge >= 0.3 is 0 Å². The predicted octanol–water partition coefficient (Wildman–Crippen LogP) is 4.33. The van der Waals surface area contributed by atoms with Crippen molar-refractivity contribution in [1.29, 1.82) is 0 Å². The smallest absolute Gasteiger partial charge is 0.123 e. The van der Waals surface area contributed by atoms with Gasteiger partial charge in [-0.05, 0) is 55.4 Å². The van der Waals surface area contributed by atoms with Gasteiger partial charge in [0.1, 0.15) is 11.4 Å². The molecule has 1 N–H and O–H groups in total. The van der Waals surface area contributed by atoms with Crippen molar-refractivity contribution >= 4 is 22.5 Å². The van der Waals surface area contributed by atoms with Gasteiger partial charge in [-0.3, -0.25) is 0 Å². The van der Waals surface area contributed by atoms with Crippen LogP contribution in [-0.2, 0) is 25.1 Å². The van der Waals surface area contributed by atoms with E-state index in [9.17, 15) is 9.50 Å². The van der Waals surface area contributed by atoms with Crippen molar-refractivity contribution in [3.8, 4) is 0 Å². The molecule has 0 amide bonds. The third-order valence-corrected chi connectivity index (χ3v) is 5.57. The van der Waals surface area contributed by atoms with E-state index in [1.807, 2.05) is 18.2 Å². The van der Waals surface area contributed by atoms with Crippen molar-refractivity contribution in [2.75, 3.05) is 13.6 Å². The van der Waals surface area contributed by atoms with Crippen LogP contribution in [0.4, 0.5) is 4.39 Å². The number of fused-ring (bicyclic) bond motifs is 3. The van der Waals surface area contributed by atoms with Gasteiger partial charge in [-0.25, -0.2) is 4.39 Å². The Kier molecular flexibility index (Phi) is 4.30. The van der Waals surface area contributed by atoms with Crippen LogP contribution in [0, 0.1) is 5.82 Å². The summed E-state index contributed by atoms with van der Waals surface area (Å²) in [7, 11) is 2.12. The Bertz CT molecular complexity index is 962. The summed E-state index contributed by atoms with van der Waals surface area (Å²) < 4.78 is 15.5. The van der Waals surface area contributed by atoms with Crippen molar-refractivity contribution in [1.82, 2.24) is 9.47 Å². The van der Waals surface area contributed by atoms with Crippen molar-refractivity contribution in [2.24, 2.45) is 0 Å². The molecule has 1 aromatic heterocycles. The van der Waals surface area contributed by atoms with Gasteiger partial charge in [0.05, 0.1) is 6.54 Å². The number of aromatic nitrogens is 1. The van der Waals surface area contributed by atoms with Gasteiger partial charge in [0.25, 0.3) is 0 Å². The fraction of sp³-hybridized carbons (Fsp3) is 0.333. The number of likely N-dealkylation sites (N-methyl/N-ethyl adjacent to an activating group) is 1. The highest BCUT2D eigenvalue weighted by Gasteiger charge is 2.29. The molecule has 3 aromatic rings. The third kappa shape index (κ3) is 3.02. The number of benzene rings is 2. The minimum atomic E-state index is -1.10. The van der Waals surface area contributed by atoms with Crippen LogP contribution < -0.4 is 0 Å². The molecule has 0 bridgehead atoms. The molecule has 0 fully saturated rings. The molecule has 4 rings (SSSR count). The molecule has 1 aliphatic rings. The van der Waals surface area contributed by atoms with E-state index in [4.69, 9.17) is 11.6 Å². The second-order valence-corrected chi connectivity index (χ2v) is 7.88. The summed E-state index contributed by atoms with van der Waals surface area (Å²) in [5, 5.41) is 13.0. The summed E-state index contributed by atoms with van der Waals surface area (Å²) in [4.78, 5) is 2.30. The molecule has 0 unspecified atom stereocenters. The Balaban J connectivity index is 1.82. The average molecular weight is 373 g/mol. The Morgan fingerprint density at radius 1 is 1.19 bits per heavy atom. The molecule has 136 valence electrons. The lowest BCUT2D eigenvalue weighted by atomic mass is 9.95. The number of hydrogen-bond donors (Lipinski definition) is 1. The molecular weight excluding hydrogens is 351 g/mol. The molecule has 0 saturated heterocycles. The fourth-order valence-corrected chi connectivity index (χ4v) is 4.12. The largest absolute Gasteiger partial charge is 0.384 e. The third-order valence-electron chi connectivity index (χ3n) is 5.34. The molecule has 0 spiro atoms. The topological polar surface area (TPSA) is 28.4 Å². The number of rotatable bonds is 3. The average Bonchev–Trinajstić information content (AvgIpc) is 2.87. The van der Waals surface area contributed by atoms with Crippen molar-refractivity contribution in [2.45, 2.75) is 32.0 Å². The maximum absolute atomic E-state index is 13.3. The molecule has 0 aliphatic carbocycles. The molecule has 1 aliphatic heterocycles. The van der Waals surface area contributed by atoms with Crippen LogP contribution >= 0.6 is 11.6 Å². The van der Waals surface area contributed by atoms with Crippen molar-refractivity contribution < 1.29 is 9.50 Å². The molecular formula is C21H22ClFN2O. The summed E-state index contributed by atoms with van der Waals surface area (Å²) in [5.41, 5.74) is 3.22. The predicted molar refractivity (Wildman–Crippen MR) is 103 cm³/mol. The molecule has 5 heteroatoms.